The Kier molecular flexibility index (Phi) is 17.3. The van der Waals surface area contributed by atoms with Crippen molar-refractivity contribution in [1.29, 1.82) is 0 Å². The number of carbonyl (C=O) groups excluding carboxylic acids is 2. The molecule has 2 amide bonds. The minimum atomic E-state index is -1.34. The number of nitrogens with zero attached hydrogens (tertiary/aromatic N) is 10. The first kappa shape index (κ1) is 56.3. The highest BCUT2D eigenvalue weighted by atomic mass is 32.2. The zero-order chi connectivity index (χ0) is 55.5. The summed E-state index contributed by atoms with van der Waals surface area (Å²) >= 11 is 0. The maximum Gasteiger partial charge on any atom is 0.255 e. The SMILES string of the molecule is CC1CN(CC(=O)N2CC(C)(C)c3ncc(Cc4ccc(F)cc4)cc32)CCN1.Cc1[nH]nc(Nc2ncnc3cc(OCCC4CCN(c5ccc(C(=O)N6CCN(C)[C@H](C)C6)cn5)CC4)c(S(=O)C(C)(C)C)cc23)c1C. The molecule has 0 bridgehead atoms. The zero-order valence-electron chi connectivity index (χ0n) is 47.2. The molecular formula is C59H78FN13O4S. The number of nitrogens with one attached hydrogen (secondary N) is 3. The molecule has 10 rings (SSSR count). The molecule has 0 aliphatic carbocycles. The lowest BCUT2D eigenvalue weighted by atomic mass is 9.91. The molecule has 6 aromatic rings. The molecule has 8 heterocycles. The van der Waals surface area contributed by atoms with Gasteiger partial charge in [-0.05, 0) is 135 Å². The lowest BCUT2D eigenvalue weighted by molar-refractivity contribution is -0.120. The number of hydrogen-bond donors (Lipinski definition) is 3. The Bertz CT molecular complexity index is 3100. The zero-order valence-corrected chi connectivity index (χ0v) is 48.0. The third-order valence-corrected chi connectivity index (χ3v) is 17.6. The Labute approximate surface area is 461 Å². The first-order chi connectivity index (χ1) is 37.2. The summed E-state index contributed by atoms with van der Waals surface area (Å²) < 4.78 is 32.9. The molecule has 3 saturated heterocycles. The quantitative estimate of drug-likeness (QED) is 0.101. The number of hydrogen-bond acceptors (Lipinski definition) is 14. The molecule has 2 aromatic carbocycles. The number of halogens is 1. The Hall–Kier alpha value is -6.41. The summed E-state index contributed by atoms with van der Waals surface area (Å²) in [5.41, 5.74) is 7.12. The molecule has 0 saturated carbocycles. The van der Waals surface area contributed by atoms with Gasteiger partial charge in [-0.3, -0.25) is 28.8 Å². The number of benzene rings is 2. The Morgan fingerprint density at radius 1 is 0.897 bits per heavy atom. The van der Waals surface area contributed by atoms with Gasteiger partial charge < -0.3 is 35.0 Å². The summed E-state index contributed by atoms with van der Waals surface area (Å²) in [6.07, 6.45) is 8.74. The van der Waals surface area contributed by atoms with E-state index in [0.717, 1.165) is 117 Å². The number of ether oxygens (including phenoxy) is 1. The monoisotopic (exact) mass is 1080 g/mol. The van der Waals surface area contributed by atoms with Gasteiger partial charge in [0.05, 0.1) is 51.3 Å². The second-order valence-corrected chi connectivity index (χ2v) is 25.6. The van der Waals surface area contributed by atoms with E-state index in [1.165, 1.54) is 18.5 Å². The number of piperazine rings is 2. The van der Waals surface area contributed by atoms with Gasteiger partial charge in [-0.25, -0.2) is 19.3 Å². The van der Waals surface area contributed by atoms with E-state index in [0.29, 0.717) is 77.5 Å². The highest BCUT2D eigenvalue weighted by Gasteiger charge is 2.40. The van der Waals surface area contributed by atoms with Gasteiger partial charge >= 0.3 is 0 Å². The molecule has 0 radical (unpaired) electrons. The average molecular weight is 1080 g/mol. The largest absolute Gasteiger partial charge is 0.492 e. The van der Waals surface area contributed by atoms with E-state index in [4.69, 9.17) is 9.72 Å². The van der Waals surface area contributed by atoms with Crippen LogP contribution in [0.4, 0.5) is 27.5 Å². The summed E-state index contributed by atoms with van der Waals surface area (Å²) in [6.45, 7) is 26.9. The number of amides is 2. The predicted octanol–water partition coefficient (Wildman–Crippen LogP) is 8.21. The normalized spacial score (nSPS) is 19.6. The van der Waals surface area contributed by atoms with Crippen LogP contribution in [0.3, 0.4) is 0 Å². The molecule has 4 aliphatic heterocycles. The van der Waals surface area contributed by atoms with Crippen LogP contribution < -0.4 is 25.2 Å². The molecule has 17 nitrogen and oxygen atoms in total. The molecule has 0 spiro atoms. The number of aromatic amines is 1. The van der Waals surface area contributed by atoms with Crippen LogP contribution in [-0.4, -0.2) is 157 Å². The third-order valence-electron chi connectivity index (χ3n) is 15.8. The molecule has 416 valence electrons. The average Bonchev–Trinajstić information content (AvgIpc) is 3.94. The van der Waals surface area contributed by atoms with Crippen LogP contribution >= 0.6 is 0 Å². The lowest BCUT2D eigenvalue weighted by Crippen LogP contribution is -2.52. The topological polar surface area (TPSA) is 181 Å². The number of carbonyl (C=O) groups is 2. The smallest absolute Gasteiger partial charge is 0.255 e. The highest BCUT2D eigenvalue weighted by molar-refractivity contribution is 7.86. The number of pyridine rings is 2. The minimum absolute atomic E-state index is 0.0577. The van der Waals surface area contributed by atoms with Crippen molar-refractivity contribution in [3.05, 3.63) is 113 Å². The number of piperidine rings is 1. The number of H-pyrrole nitrogens is 1. The Morgan fingerprint density at radius 2 is 1.67 bits per heavy atom. The van der Waals surface area contributed by atoms with Crippen LogP contribution in [0.2, 0.25) is 0 Å². The Balaban J connectivity index is 0.000000216. The van der Waals surface area contributed by atoms with Crippen molar-refractivity contribution in [1.82, 2.24) is 50.1 Å². The van der Waals surface area contributed by atoms with Crippen molar-refractivity contribution in [2.75, 3.05) is 94.2 Å². The Morgan fingerprint density at radius 3 is 2.35 bits per heavy atom. The van der Waals surface area contributed by atoms with Crippen LogP contribution in [-0.2, 0) is 27.4 Å². The number of likely N-dealkylation sites (N-methyl/N-ethyl adjacent to an activating group) is 1. The molecule has 3 atom stereocenters. The van der Waals surface area contributed by atoms with E-state index < -0.39 is 15.5 Å². The van der Waals surface area contributed by atoms with Gasteiger partial charge in [0.15, 0.2) is 5.82 Å². The summed E-state index contributed by atoms with van der Waals surface area (Å²) in [6, 6.07) is 17.1. The first-order valence-corrected chi connectivity index (χ1v) is 28.7. The first-order valence-electron chi connectivity index (χ1n) is 27.5. The molecule has 4 aliphatic rings. The number of aromatic nitrogens is 6. The maximum absolute atomic E-state index is 13.8. The van der Waals surface area contributed by atoms with Crippen LogP contribution in [0.5, 0.6) is 5.75 Å². The number of fused-ring (bicyclic) bond motifs is 2. The van der Waals surface area contributed by atoms with Crippen LogP contribution in [0.15, 0.2) is 78.2 Å². The molecular weight excluding hydrogens is 1010 g/mol. The van der Waals surface area contributed by atoms with Crippen molar-refractivity contribution < 1.29 is 22.9 Å². The van der Waals surface area contributed by atoms with Crippen molar-refractivity contribution in [3.63, 3.8) is 0 Å². The van der Waals surface area contributed by atoms with Crippen LogP contribution in [0.25, 0.3) is 10.9 Å². The van der Waals surface area contributed by atoms with E-state index in [1.807, 2.05) is 74.9 Å². The number of aryl methyl sites for hydroxylation is 1. The molecule has 4 aromatic heterocycles. The highest BCUT2D eigenvalue weighted by Crippen LogP contribution is 2.40. The van der Waals surface area contributed by atoms with Crippen molar-refractivity contribution in [2.24, 2.45) is 5.92 Å². The minimum Gasteiger partial charge on any atom is -0.492 e. The number of rotatable bonds is 13. The van der Waals surface area contributed by atoms with Crippen molar-refractivity contribution in [3.8, 4) is 5.75 Å². The van der Waals surface area contributed by atoms with Gasteiger partial charge in [0.25, 0.3) is 5.91 Å². The fourth-order valence-electron chi connectivity index (χ4n) is 10.7. The summed E-state index contributed by atoms with van der Waals surface area (Å²) in [4.78, 5) is 55.9. The van der Waals surface area contributed by atoms with E-state index in [9.17, 15) is 18.2 Å². The standard InChI is InChI=1S/C36H49N9O3S.C23H29FN4O/c1-23-21-45(16-15-43(23)7)35(46)27-8-9-32(37-20-27)44-13-10-26(11-14-44)12-17-48-30-19-29-28(18-31(30)49(47)36(4,5)6)34(39-22-38-29)40-33-24(2)25(3)41-42-33;1-16-13-27(9-8-25-16)14-21(29)28-15-23(2,3)22-20(28)11-18(12-26-22)10-17-4-6-19(24)7-5-17/h8-9,18-20,22-23,26H,10-17,21H2,1-7H3,(H2,38,39,40,41,42);4-7,11-12,16,25H,8-10,13-15H2,1-3H3/t23-,49?;/m1./s1. The second kappa shape index (κ2) is 23.9. The van der Waals surface area contributed by atoms with Gasteiger partial charge in [-0.2, -0.15) is 5.10 Å². The van der Waals surface area contributed by atoms with E-state index in [1.54, 1.807) is 18.3 Å². The van der Waals surface area contributed by atoms with Crippen LogP contribution in [0, 0.1) is 25.6 Å². The van der Waals surface area contributed by atoms with Gasteiger partial charge in [0, 0.05) is 116 Å². The lowest BCUT2D eigenvalue weighted by Gasteiger charge is -2.37. The molecule has 19 heteroatoms. The fraction of sp³-hybridized carbons (Fsp3) is 0.508. The summed E-state index contributed by atoms with van der Waals surface area (Å²) in [5, 5.41) is 14.9. The third kappa shape index (κ3) is 13.2. The van der Waals surface area contributed by atoms with Gasteiger partial charge in [0.1, 0.15) is 29.5 Å². The van der Waals surface area contributed by atoms with E-state index in [2.05, 4.69) is 91.3 Å². The maximum atomic E-state index is 13.8. The van der Waals surface area contributed by atoms with Gasteiger partial charge in [-0.15, -0.1) is 0 Å². The van der Waals surface area contributed by atoms with Gasteiger partial charge in [0.2, 0.25) is 5.91 Å². The van der Waals surface area contributed by atoms with Gasteiger partial charge in [-0.1, -0.05) is 26.0 Å². The molecule has 3 fully saturated rings. The fourth-order valence-corrected chi connectivity index (χ4v) is 11.9. The van der Waals surface area contributed by atoms with Crippen molar-refractivity contribution >= 4 is 56.7 Å². The molecule has 78 heavy (non-hydrogen) atoms. The number of anilines is 4. The summed E-state index contributed by atoms with van der Waals surface area (Å²) in [7, 11) is 0.767. The predicted molar refractivity (Wildman–Crippen MR) is 307 cm³/mol. The van der Waals surface area contributed by atoms with E-state index >= 15 is 0 Å². The molecule has 3 N–H and O–H groups in total. The van der Waals surface area contributed by atoms with Crippen LogP contribution in [0.1, 0.15) is 106 Å². The second-order valence-electron chi connectivity index (χ2n) is 23.4. The summed E-state index contributed by atoms with van der Waals surface area (Å²) in [5.74, 6) is 3.27. The van der Waals surface area contributed by atoms with Crippen molar-refractivity contribution in [2.45, 2.75) is 115 Å². The molecule has 2 unspecified atom stereocenters. The van der Waals surface area contributed by atoms with E-state index in [-0.39, 0.29) is 23.0 Å².